The lowest BCUT2D eigenvalue weighted by Gasteiger charge is -2.29. The fraction of sp³-hybridized carbons (Fsp3) is 0.632. The summed E-state index contributed by atoms with van der Waals surface area (Å²) in [6.45, 7) is 5.81. The van der Waals surface area contributed by atoms with Crippen LogP contribution in [0.4, 0.5) is 0 Å². The monoisotopic (exact) mass is 330 g/mol. The van der Waals surface area contributed by atoms with Crippen LogP contribution in [0, 0.1) is 5.92 Å². The zero-order valence-electron chi connectivity index (χ0n) is 14.6. The Morgan fingerprint density at radius 1 is 1.25 bits per heavy atom. The maximum absolute atomic E-state index is 12.4. The molecule has 5 nitrogen and oxygen atoms in total. The average Bonchev–Trinajstić information content (AvgIpc) is 2.90. The summed E-state index contributed by atoms with van der Waals surface area (Å²) in [5, 5.41) is 3.72. The molecule has 3 rings (SSSR count). The van der Waals surface area contributed by atoms with Gasteiger partial charge in [0.05, 0.1) is 0 Å². The predicted octanol–water partition coefficient (Wildman–Crippen LogP) is 1.83. The number of benzene rings is 1. The standard InChI is InChI=1S/C19H30N4O/c1-15-17(13-21-22-15)12-20-18(16-8-4-2-5-9-16)14-23-11-7-3-6-10-19(23)24/h2,4-5,8-9,15,17-18,20-22H,3,6-7,10-14H2,1H3. The van der Waals surface area contributed by atoms with Crippen LogP contribution in [0.25, 0.3) is 0 Å². The van der Waals surface area contributed by atoms with Crippen molar-refractivity contribution in [3.8, 4) is 0 Å². The summed E-state index contributed by atoms with van der Waals surface area (Å²) in [6.07, 6.45) is 4.04. The highest BCUT2D eigenvalue weighted by Crippen LogP contribution is 2.19. The molecule has 3 N–H and O–H groups in total. The molecule has 1 amide bonds. The van der Waals surface area contributed by atoms with Crippen LogP contribution in [0.3, 0.4) is 0 Å². The first-order valence-electron chi connectivity index (χ1n) is 9.28. The molecule has 2 saturated heterocycles. The third kappa shape index (κ3) is 4.56. The van der Waals surface area contributed by atoms with Gasteiger partial charge in [0.2, 0.25) is 5.91 Å². The highest BCUT2D eigenvalue weighted by molar-refractivity contribution is 5.76. The van der Waals surface area contributed by atoms with Gasteiger partial charge >= 0.3 is 0 Å². The molecular weight excluding hydrogens is 300 g/mol. The van der Waals surface area contributed by atoms with Crippen molar-refractivity contribution < 1.29 is 4.79 Å². The largest absolute Gasteiger partial charge is 0.341 e. The molecule has 0 saturated carbocycles. The quantitative estimate of drug-likeness (QED) is 0.745. The molecule has 0 aliphatic carbocycles. The van der Waals surface area contributed by atoms with E-state index in [9.17, 15) is 4.79 Å². The van der Waals surface area contributed by atoms with Crippen LogP contribution in [0.15, 0.2) is 30.3 Å². The van der Waals surface area contributed by atoms with Crippen LogP contribution in [0.2, 0.25) is 0 Å². The molecule has 24 heavy (non-hydrogen) atoms. The van der Waals surface area contributed by atoms with Crippen molar-refractivity contribution in [2.45, 2.75) is 44.7 Å². The molecule has 1 aromatic carbocycles. The van der Waals surface area contributed by atoms with Gasteiger partial charge in [-0.25, -0.2) is 0 Å². The maximum Gasteiger partial charge on any atom is 0.222 e. The molecule has 1 aromatic rings. The van der Waals surface area contributed by atoms with Gasteiger partial charge in [-0.1, -0.05) is 36.8 Å². The summed E-state index contributed by atoms with van der Waals surface area (Å²) in [5.41, 5.74) is 7.77. The number of nitrogens with zero attached hydrogens (tertiary/aromatic N) is 1. The van der Waals surface area contributed by atoms with E-state index in [-0.39, 0.29) is 6.04 Å². The molecule has 5 heteroatoms. The van der Waals surface area contributed by atoms with Gasteiger partial charge < -0.3 is 10.2 Å². The zero-order valence-corrected chi connectivity index (χ0v) is 14.6. The molecule has 3 unspecified atom stereocenters. The molecule has 0 bridgehead atoms. The normalized spacial score (nSPS) is 26.4. The highest BCUT2D eigenvalue weighted by atomic mass is 16.2. The summed E-state index contributed by atoms with van der Waals surface area (Å²) >= 11 is 0. The van der Waals surface area contributed by atoms with Crippen molar-refractivity contribution in [2.75, 3.05) is 26.2 Å². The van der Waals surface area contributed by atoms with Gasteiger partial charge in [-0.2, -0.15) is 0 Å². The molecule has 0 aromatic heterocycles. The molecular formula is C19H30N4O. The first kappa shape index (κ1) is 17.4. The molecule has 2 aliphatic rings. The first-order valence-corrected chi connectivity index (χ1v) is 9.28. The summed E-state index contributed by atoms with van der Waals surface area (Å²) in [5.74, 6) is 0.879. The van der Waals surface area contributed by atoms with E-state index < -0.39 is 0 Å². The minimum absolute atomic E-state index is 0.195. The summed E-state index contributed by atoms with van der Waals surface area (Å²) in [7, 11) is 0. The lowest BCUT2D eigenvalue weighted by molar-refractivity contribution is -0.131. The molecule has 2 fully saturated rings. The number of hydrazine groups is 1. The highest BCUT2D eigenvalue weighted by Gasteiger charge is 2.25. The van der Waals surface area contributed by atoms with Gasteiger partial charge in [-0.3, -0.25) is 15.6 Å². The number of hydrogen-bond donors (Lipinski definition) is 3. The number of carbonyl (C=O) groups excluding carboxylic acids is 1. The van der Waals surface area contributed by atoms with Gasteiger partial charge in [0.1, 0.15) is 0 Å². The number of hydrogen-bond acceptors (Lipinski definition) is 4. The number of carbonyl (C=O) groups is 1. The van der Waals surface area contributed by atoms with Crippen LogP contribution in [-0.2, 0) is 4.79 Å². The van der Waals surface area contributed by atoms with E-state index in [1.54, 1.807) is 0 Å². The van der Waals surface area contributed by atoms with Crippen LogP contribution >= 0.6 is 0 Å². The zero-order chi connectivity index (χ0) is 16.8. The van der Waals surface area contributed by atoms with Crippen LogP contribution < -0.4 is 16.2 Å². The van der Waals surface area contributed by atoms with Gasteiger partial charge in [0.15, 0.2) is 0 Å². The first-order chi connectivity index (χ1) is 11.7. The van der Waals surface area contributed by atoms with Gasteiger partial charge in [0, 0.05) is 50.6 Å². The average molecular weight is 330 g/mol. The van der Waals surface area contributed by atoms with Crippen molar-refractivity contribution in [1.82, 2.24) is 21.1 Å². The van der Waals surface area contributed by atoms with Crippen LogP contribution in [0.5, 0.6) is 0 Å². The van der Waals surface area contributed by atoms with E-state index in [4.69, 9.17) is 0 Å². The Morgan fingerprint density at radius 2 is 2.08 bits per heavy atom. The van der Waals surface area contributed by atoms with E-state index in [0.29, 0.717) is 24.3 Å². The smallest absolute Gasteiger partial charge is 0.222 e. The summed E-state index contributed by atoms with van der Waals surface area (Å²) in [6, 6.07) is 11.2. The topological polar surface area (TPSA) is 56.4 Å². The predicted molar refractivity (Wildman–Crippen MR) is 96.3 cm³/mol. The molecule has 0 radical (unpaired) electrons. The minimum atomic E-state index is 0.195. The number of rotatable bonds is 6. The Kier molecular flexibility index (Phi) is 6.24. The molecule has 2 aliphatic heterocycles. The lowest BCUT2D eigenvalue weighted by Crippen LogP contribution is -2.41. The summed E-state index contributed by atoms with van der Waals surface area (Å²) < 4.78 is 0. The van der Waals surface area contributed by atoms with Gasteiger partial charge in [-0.05, 0) is 25.3 Å². The SMILES string of the molecule is CC1NNCC1CNC(CN1CCCCCC1=O)c1ccccc1. The molecule has 3 atom stereocenters. The lowest BCUT2D eigenvalue weighted by atomic mass is 10.0. The Balaban J connectivity index is 1.66. The summed E-state index contributed by atoms with van der Waals surface area (Å²) in [4.78, 5) is 14.4. The van der Waals surface area contributed by atoms with E-state index in [1.165, 1.54) is 12.0 Å². The Bertz CT molecular complexity index is 521. The molecule has 2 heterocycles. The fourth-order valence-electron chi connectivity index (χ4n) is 3.61. The number of likely N-dealkylation sites (tertiary alicyclic amines) is 1. The molecule has 132 valence electrons. The van der Waals surface area contributed by atoms with Crippen molar-refractivity contribution in [1.29, 1.82) is 0 Å². The third-order valence-corrected chi connectivity index (χ3v) is 5.30. The van der Waals surface area contributed by atoms with Crippen LogP contribution in [0.1, 0.15) is 44.2 Å². The van der Waals surface area contributed by atoms with Crippen molar-refractivity contribution in [2.24, 2.45) is 5.92 Å². The van der Waals surface area contributed by atoms with Gasteiger partial charge in [-0.15, -0.1) is 0 Å². The fourth-order valence-corrected chi connectivity index (χ4v) is 3.61. The maximum atomic E-state index is 12.4. The van der Waals surface area contributed by atoms with Crippen molar-refractivity contribution in [3.05, 3.63) is 35.9 Å². The van der Waals surface area contributed by atoms with Gasteiger partial charge in [0.25, 0.3) is 0 Å². The van der Waals surface area contributed by atoms with E-state index in [0.717, 1.165) is 39.0 Å². The second-order valence-electron chi connectivity index (χ2n) is 7.10. The number of amides is 1. The Labute approximate surface area is 145 Å². The number of nitrogens with one attached hydrogen (secondary N) is 3. The Hall–Kier alpha value is -1.43. The Morgan fingerprint density at radius 3 is 2.83 bits per heavy atom. The van der Waals surface area contributed by atoms with Crippen LogP contribution in [-0.4, -0.2) is 43.0 Å². The minimum Gasteiger partial charge on any atom is -0.341 e. The second kappa shape index (κ2) is 8.60. The van der Waals surface area contributed by atoms with E-state index in [2.05, 4.69) is 52.3 Å². The molecule has 0 spiro atoms. The van der Waals surface area contributed by atoms with Crippen molar-refractivity contribution >= 4 is 5.91 Å². The van der Waals surface area contributed by atoms with E-state index in [1.807, 2.05) is 6.07 Å². The van der Waals surface area contributed by atoms with Crippen molar-refractivity contribution in [3.63, 3.8) is 0 Å². The second-order valence-corrected chi connectivity index (χ2v) is 7.10. The van der Waals surface area contributed by atoms with E-state index >= 15 is 0 Å². The third-order valence-electron chi connectivity index (χ3n) is 5.30.